The summed E-state index contributed by atoms with van der Waals surface area (Å²) in [5.41, 5.74) is 3.02. The van der Waals surface area contributed by atoms with Gasteiger partial charge in [0.2, 0.25) is 5.91 Å². The van der Waals surface area contributed by atoms with Crippen molar-refractivity contribution in [3.8, 4) is 0 Å². The van der Waals surface area contributed by atoms with Gasteiger partial charge in [0.05, 0.1) is 23.3 Å². The smallest absolute Gasteiger partial charge is 0.230 e. The Hall–Kier alpha value is -2.48. The number of carbonyl (C=O) groups is 1. The zero-order chi connectivity index (χ0) is 17.1. The van der Waals surface area contributed by atoms with Crippen molar-refractivity contribution < 1.29 is 9.18 Å². The summed E-state index contributed by atoms with van der Waals surface area (Å²) in [6, 6.07) is 6.21. The molecule has 1 aromatic carbocycles. The number of nitrogens with zero attached hydrogens (tertiary/aromatic N) is 3. The average molecular weight is 345 g/mol. The van der Waals surface area contributed by atoms with Crippen molar-refractivity contribution in [1.82, 2.24) is 25.3 Å². The van der Waals surface area contributed by atoms with Crippen molar-refractivity contribution in [2.75, 3.05) is 5.75 Å². The molecule has 0 saturated carbocycles. The third kappa shape index (κ3) is 4.08. The first-order valence-corrected chi connectivity index (χ1v) is 8.34. The first kappa shape index (κ1) is 16.4. The van der Waals surface area contributed by atoms with E-state index in [0.717, 1.165) is 11.4 Å². The molecule has 6 nitrogen and oxygen atoms in total. The van der Waals surface area contributed by atoms with Gasteiger partial charge in [-0.3, -0.25) is 4.79 Å². The molecule has 2 aromatic heterocycles. The quantitative estimate of drug-likeness (QED) is 0.548. The molecule has 24 heavy (non-hydrogen) atoms. The van der Waals surface area contributed by atoms with Crippen molar-refractivity contribution in [3.05, 3.63) is 47.3 Å². The lowest BCUT2D eigenvalue weighted by Crippen LogP contribution is -2.25. The lowest BCUT2D eigenvalue weighted by molar-refractivity contribution is -0.118. The van der Waals surface area contributed by atoms with Crippen LogP contribution < -0.4 is 5.32 Å². The molecular weight excluding hydrogens is 329 g/mol. The Morgan fingerprint density at radius 1 is 1.21 bits per heavy atom. The molecule has 0 fully saturated rings. The zero-order valence-corrected chi connectivity index (χ0v) is 14.1. The predicted octanol–water partition coefficient (Wildman–Crippen LogP) is 2.52. The highest BCUT2D eigenvalue weighted by molar-refractivity contribution is 7.99. The molecule has 0 radical (unpaired) electrons. The number of halogens is 1. The number of rotatable bonds is 5. The van der Waals surface area contributed by atoms with Crippen molar-refractivity contribution in [3.63, 3.8) is 0 Å². The summed E-state index contributed by atoms with van der Waals surface area (Å²) in [6.45, 7) is 4.04. The van der Waals surface area contributed by atoms with Crippen LogP contribution in [-0.4, -0.2) is 31.6 Å². The predicted molar refractivity (Wildman–Crippen MR) is 90.1 cm³/mol. The summed E-state index contributed by atoms with van der Waals surface area (Å²) in [6.07, 6.45) is 0. The molecule has 3 aromatic rings. The minimum Gasteiger partial charge on any atom is -0.348 e. The van der Waals surface area contributed by atoms with Gasteiger partial charge in [0.15, 0.2) is 5.16 Å². The van der Waals surface area contributed by atoms with Crippen LogP contribution in [0.3, 0.4) is 0 Å². The van der Waals surface area contributed by atoms with Crippen molar-refractivity contribution in [2.45, 2.75) is 25.5 Å². The third-order valence-corrected chi connectivity index (χ3v) is 4.09. The number of aromatic amines is 1. The number of aromatic nitrogens is 4. The number of benzene rings is 1. The molecule has 0 spiro atoms. The number of hydrogen-bond donors (Lipinski definition) is 2. The third-order valence-electron chi connectivity index (χ3n) is 3.24. The van der Waals surface area contributed by atoms with Crippen LogP contribution in [0.2, 0.25) is 0 Å². The van der Waals surface area contributed by atoms with Gasteiger partial charge in [-0.1, -0.05) is 11.8 Å². The molecule has 0 aliphatic rings. The summed E-state index contributed by atoms with van der Waals surface area (Å²) in [4.78, 5) is 27.8. The summed E-state index contributed by atoms with van der Waals surface area (Å²) in [7, 11) is 0. The number of thioether (sulfide) groups is 1. The van der Waals surface area contributed by atoms with E-state index in [4.69, 9.17) is 0 Å². The van der Waals surface area contributed by atoms with Gasteiger partial charge < -0.3 is 10.3 Å². The van der Waals surface area contributed by atoms with Crippen molar-refractivity contribution in [1.29, 1.82) is 0 Å². The number of nitrogens with one attached hydrogen (secondary N) is 2. The number of H-pyrrole nitrogens is 1. The first-order valence-electron chi connectivity index (χ1n) is 7.35. The molecule has 2 N–H and O–H groups in total. The van der Waals surface area contributed by atoms with E-state index in [1.807, 2.05) is 19.9 Å². The fourth-order valence-electron chi connectivity index (χ4n) is 2.24. The Kier molecular flexibility index (Phi) is 4.75. The molecule has 124 valence electrons. The highest BCUT2D eigenvalue weighted by atomic mass is 32.2. The van der Waals surface area contributed by atoms with Gasteiger partial charge >= 0.3 is 0 Å². The summed E-state index contributed by atoms with van der Waals surface area (Å²) in [5, 5.41) is 3.36. The van der Waals surface area contributed by atoms with Gasteiger partial charge in [0.25, 0.3) is 0 Å². The van der Waals surface area contributed by atoms with E-state index < -0.39 is 0 Å². The Bertz CT molecular complexity index is 875. The Morgan fingerprint density at radius 2 is 1.96 bits per heavy atom. The zero-order valence-electron chi connectivity index (χ0n) is 13.3. The maximum atomic E-state index is 13.1. The fraction of sp³-hybridized carbons (Fsp3) is 0.250. The Morgan fingerprint density at radius 3 is 2.71 bits per heavy atom. The molecule has 2 heterocycles. The summed E-state index contributed by atoms with van der Waals surface area (Å²) >= 11 is 1.28. The molecule has 8 heteroatoms. The standard InChI is InChI=1S/C16H16FN5OS/c1-9-5-10(2)20-16(19-9)24-8-15(23)18-7-14-21-12-4-3-11(17)6-13(12)22-14/h3-6H,7-8H2,1-2H3,(H,18,23)(H,21,22). The molecular formula is C16H16FN5OS. The molecule has 0 bridgehead atoms. The highest BCUT2D eigenvalue weighted by Gasteiger charge is 2.08. The topological polar surface area (TPSA) is 83.6 Å². The van der Waals surface area contributed by atoms with E-state index in [1.54, 1.807) is 6.07 Å². The molecule has 0 atom stereocenters. The Labute approximate surface area is 142 Å². The first-order chi connectivity index (χ1) is 11.5. The van der Waals surface area contributed by atoms with Crippen molar-refractivity contribution >= 4 is 28.7 Å². The van der Waals surface area contributed by atoms with Crippen LogP contribution in [0.15, 0.2) is 29.4 Å². The van der Waals surface area contributed by atoms with Crippen LogP contribution in [0.1, 0.15) is 17.2 Å². The maximum Gasteiger partial charge on any atom is 0.230 e. The Balaban J connectivity index is 1.54. The number of amides is 1. The monoisotopic (exact) mass is 345 g/mol. The maximum absolute atomic E-state index is 13.1. The second-order valence-corrected chi connectivity index (χ2v) is 6.29. The normalized spacial score (nSPS) is 11.0. The van der Waals surface area contributed by atoms with Crippen molar-refractivity contribution in [2.24, 2.45) is 0 Å². The van der Waals surface area contributed by atoms with E-state index in [0.29, 0.717) is 22.0 Å². The SMILES string of the molecule is Cc1cc(C)nc(SCC(=O)NCc2nc3ccc(F)cc3[nH]2)n1. The highest BCUT2D eigenvalue weighted by Crippen LogP contribution is 2.14. The van der Waals surface area contributed by atoms with Gasteiger partial charge in [-0.25, -0.2) is 19.3 Å². The van der Waals surface area contributed by atoms with Gasteiger partial charge in [-0.2, -0.15) is 0 Å². The second-order valence-electron chi connectivity index (χ2n) is 5.34. The van der Waals surface area contributed by atoms with E-state index >= 15 is 0 Å². The summed E-state index contributed by atoms with van der Waals surface area (Å²) in [5.74, 6) is 0.329. The van der Waals surface area contributed by atoms with Gasteiger partial charge in [-0.15, -0.1) is 0 Å². The molecule has 0 unspecified atom stereocenters. The number of hydrogen-bond acceptors (Lipinski definition) is 5. The van der Waals surface area contributed by atoms with Gasteiger partial charge in [0.1, 0.15) is 11.6 Å². The number of imidazole rings is 1. The van der Waals surface area contributed by atoms with E-state index in [1.165, 1.54) is 23.9 Å². The van der Waals surface area contributed by atoms with Crippen LogP contribution in [0.4, 0.5) is 4.39 Å². The van der Waals surface area contributed by atoms with E-state index in [9.17, 15) is 9.18 Å². The van der Waals surface area contributed by atoms with Crippen LogP contribution in [0.25, 0.3) is 11.0 Å². The van der Waals surface area contributed by atoms with Gasteiger partial charge in [-0.05, 0) is 38.1 Å². The van der Waals surface area contributed by atoms with Crippen LogP contribution in [0.5, 0.6) is 0 Å². The molecule has 3 rings (SSSR count). The average Bonchev–Trinajstić information content (AvgIpc) is 2.92. The largest absolute Gasteiger partial charge is 0.348 e. The lowest BCUT2D eigenvalue weighted by Gasteiger charge is -2.04. The number of aryl methyl sites for hydroxylation is 2. The molecule has 0 aliphatic carbocycles. The summed E-state index contributed by atoms with van der Waals surface area (Å²) < 4.78 is 13.1. The van der Waals surface area contributed by atoms with Crippen LogP contribution >= 0.6 is 11.8 Å². The van der Waals surface area contributed by atoms with Crippen LogP contribution in [0, 0.1) is 19.7 Å². The molecule has 0 saturated heterocycles. The molecule has 1 amide bonds. The van der Waals surface area contributed by atoms with Gasteiger partial charge in [0, 0.05) is 11.4 Å². The van der Waals surface area contributed by atoms with E-state index in [2.05, 4.69) is 25.3 Å². The second kappa shape index (κ2) is 6.96. The van der Waals surface area contributed by atoms with Crippen LogP contribution in [-0.2, 0) is 11.3 Å². The molecule has 0 aliphatic heterocycles. The number of carbonyl (C=O) groups excluding carboxylic acids is 1. The number of fused-ring (bicyclic) bond motifs is 1. The lowest BCUT2D eigenvalue weighted by atomic mass is 10.3. The van der Waals surface area contributed by atoms with E-state index in [-0.39, 0.29) is 24.0 Å². The fourth-order valence-corrected chi connectivity index (χ4v) is 3.02. The minimum atomic E-state index is -0.327. The minimum absolute atomic E-state index is 0.144.